The fraction of sp³-hybridized carbons (Fsp3) is 0.455. The van der Waals surface area contributed by atoms with Crippen molar-refractivity contribution < 1.29 is 4.52 Å². The van der Waals surface area contributed by atoms with Gasteiger partial charge in [0.2, 0.25) is 0 Å². The largest absolute Gasteiger partial charge is 0.390 e. The summed E-state index contributed by atoms with van der Waals surface area (Å²) in [5, 5.41) is 4.95. The van der Waals surface area contributed by atoms with Crippen LogP contribution in [0.3, 0.4) is 0 Å². The molecule has 0 atom stereocenters. The first kappa shape index (κ1) is 11.5. The maximum Gasteiger partial charge on any atom is 0.164 e. The zero-order valence-electron chi connectivity index (χ0n) is 9.61. The van der Waals surface area contributed by atoms with E-state index in [0.29, 0.717) is 0 Å². The van der Waals surface area contributed by atoms with Gasteiger partial charge in [-0.15, -0.1) is 0 Å². The first-order chi connectivity index (χ1) is 7.00. The van der Waals surface area contributed by atoms with Gasteiger partial charge in [0.15, 0.2) is 5.42 Å². The molecule has 0 radical (unpaired) electrons. The fourth-order valence-electron chi connectivity index (χ4n) is 1.30. The lowest BCUT2D eigenvalue weighted by atomic mass is 9.91. The average Bonchev–Trinajstić information content (AvgIpc) is 2.56. The normalized spacial score (nSPS) is 15.5. The van der Waals surface area contributed by atoms with E-state index in [0.717, 1.165) is 16.3 Å². The van der Waals surface area contributed by atoms with Gasteiger partial charge in [-0.2, -0.15) is 0 Å². The lowest BCUT2D eigenvalue weighted by Crippen LogP contribution is -2.29. The highest BCUT2D eigenvalue weighted by Gasteiger charge is 2.19. The number of aliphatic imine (C=N–C) groups is 1. The zero-order chi connectivity index (χ0) is 11.5. The Labute approximate surface area is 89.2 Å². The molecular weight excluding hydrogens is 190 g/mol. The van der Waals surface area contributed by atoms with Gasteiger partial charge < -0.3 is 10.3 Å². The van der Waals surface area contributed by atoms with Crippen LogP contribution in [0.4, 0.5) is 0 Å². The van der Waals surface area contributed by atoms with Gasteiger partial charge in [0.05, 0.1) is 17.3 Å². The van der Waals surface area contributed by atoms with E-state index >= 15 is 0 Å². The van der Waals surface area contributed by atoms with Crippen LogP contribution in [0.15, 0.2) is 9.52 Å². The van der Waals surface area contributed by atoms with Crippen molar-refractivity contribution in [1.82, 2.24) is 5.16 Å². The number of aromatic nitrogens is 1. The molecule has 82 valence electrons. The number of nitrogens with two attached hydrogens (primary N) is 1. The summed E-state index contributed by atoms with van der Waals surface area (Å²) in [5.41, 5.74) is 6.76. The molecule has 1 aromatic heterocycles. The third-order valence-electron chi connectivity index (χ3n) is 2.02. The van der Waals surface area contributed by atoms with Gasteiger partial charge in [-0.25, -0.2) is 4.99 Å². The molecule has 0 aliphatic heterocycles. The topological polar surface area (TPSA) is 64.4 Å². The van der Waals surface area contributed by atoms with Crippen molar-refractivity contribution in [2.75, 3.05) is 0 Å². The molecule has 0 aliphatic carbocycles. The summed E-state index contributed by atoms with van der Waals surface area (Å²) in [6, 6.07) is 0. The van der Waals surface area contributed by atoms with E-state index < -0.39 is 0 Å². The van der Waals surface area contributed by atoms with Crippen LogP contribution in [-0.4, -0.2) is 11.5 Å². The van der Waals surface area contributed by atoms with Crippen LogP contribution in [0.1, 0.15) is 33.4 Å². The minimum absolute atomic E-state index is 0.0687. The molecule has 0 saturated heterocycles. The minimum atomic E-state index is -0.0687. The highest BCUT2D eigenvalue weighted by molar-refractivity contribution is 5.56. The predicted octanol–water partition coefficient (Wildman–Crippen LogP) is 0.498. The Kier molecular flexibility index (Phi) is 3.29. The highest BCUT2D eigenvalue weighted by atomic mass is 16.5. The van der Waals surface area contributed by atoms with Gasteiger partial charge >= 0.3 is 0 Å². The maximum atomic E-state index is 5.22. The fourth-order valence-corrected chi connectivity index (χ4v) is 1.30. The number of hydrogen-bond donors (Lipinski definition) is 1. The Bertz CT molecular complexity index is 463. The van der Waals surface area contributed by atoms with Crippen LogP contribution >= 0.6 is 0 Å². The van der Waals surface area contributed by atoms with Crippen molar-refractivity contribution in [1.29, 1.82) is 0 Å². The van der Waals surface area contributed by atoms with E-state index in [4.69, 9.17) is 10.3 Å². The van der Waals surface area contributed by atoms with Crippen molar-refractivity contribution in [3.63, 3.8) is 0 Å². The second-order valence-electron chi connectivity index (χ2n) is 4.28. The maximum absolute atomic E-state index is 5.22. The van der Waals surface area contributed by atoms with Crippen LogP contribution in [0.2, 0.25) is 0 Å². The van der Waals surface area contributed by atoms with Gasteiger partial charge in [-0.05, 0) is 13.0 Å². The monoisotopic (exact) mass is 207 g/mol. The van der Waals surface area contributed by atoms with Crippen molar-refractivity contribution in [3.8, 4) is 0 Å². The molecule has 0 bridgehead atoms. The summed E-state index contributed by atoms with van der Waals surface area (Å²) in [6.07, 6.45) is 4.78. The van der Waals surface area contributed by atoms with Crippen LogP contribution in [0.25, 0.3) is 12.3 Å². The molecule has 0 spiro atoms. The summed E-state index contributed by atoms with van der Waals surface area (Å²) in [7, 11) is 0. The van der Waals surface area contributed by atoms with Crippen LogP contribution < -0.4 is 16.4 Å². The average molecular weight is 207 g/mol. The zero-order valence-corrected chi connectivity index (χ0v) is 9.61. The molecule has 0 fully saturated rings. The lowest BCUT2D eigenvalue weighted by molar-refractivity contribution is 0.373. The van der Waals surface area contributed by atoms with Crippen LogP contribution in [0, 0.1) is 0 Å². The Morgan fingerprint density at radius 1 is 1.40 bits per heavy atom. The van der Waals surface area contributed by atoms with E-state index in [2.05, 4.69) is 30.9 Å². The summed E-state index contributed by atoms with van der Waals surface area (Å²) in [5.74, 6) is 0. The second-order valence-corrected chi connectivity index (χ2v) is 4.28. The number of hydrogen-bond acceptors (Lipinski definition) is 3. The molecule has 0 aromatic carbocycles. The third-order valence-corrected chi connectivity index (χ3v) is 2.02. The molecule has 0 unspecified atom stereocenters. The first-order valence-electron chi connectivity index (χ1n) is 4.86. The first-order valence-corrected chi connectivity index (χ1v) is 4.86. The summed E-state index contributed by atoms with van der Waals surface area (Å²) < 4.78 is 5.22. The molecule has 15 heavy (non-hydrogen) atoms. The predicted molar refractivity (Wildman–Crippen MR) is 61.7 cm³/mol. The van der Waals surface area contributed by atoms with Gasteiger partial charge in [0, 0.05) is 11.6 Å². The van der Waals surface area contributed by atoms with Crippen LogP contribution in [0.5, 0.6) is 0 Å². The summed E-state index contributed by atoms with van der Waals surface area (Å²) in [4.78, 5) is 3.90. The summed E-state index contributed by atoms with van der Waals surface area (Å²) in [6.45, 7) is 8.13. The van der Waals surface area contributed by atoms with Crippen LogP contribution in [-0.2, 0) is 5.41 Å². The molecule has 1 rings (SSSR count). The molecule has 4 heteroatoms. The Morgan fingerprint density at radius 2 is 2.07 bits per heavy atom. The Hall–Kier alpha value is -1.58. The van der Waals surface area contributed by atoms with Gasteiger partial charge in [-0.1, -0.05) is 25.9 Å². The van der Waals surface area contributed by atoms with Gasteiger partial charge in [0.25, 0.3) is 0 Å². The highest BCUT2D eigenvalue weighted by Crippen LogP contribution is 2.15. The van der Waals surface area contributed by atoms with E-state index in [9.17, 15) is 0 Å². The minimum Gasteiger partial charge on any atom is -0.390 e. The Balaban J connectivity index is 3.51. The van der Waals surface area contributed by atoms with Crippen molar-refractivity contribution in [2.45, 2.75) is 33.1 Å². The van der Waals surface area contributed by atoms with E-state index in [1.54, 1.807) is 6.20 Å². The third kappa shape index (κ3) is 2.46. The SMILES string of the molecule is C/C=c1/onc(C(C)(C)C)/c1=C/N=C\N. The smallest absolute Gasteiger partial charge is 0.164 e. The Morgan fingerprint density at radius 3 is 2.53 bits per heavy atom. The molecule has 0 aliphatic rings. The van der Waals surface area contributed by atoms with E-state index in [-0.39, 0.29) is 5.41 Å². The standard InChI is InChI=1S/C11H17N3O/c1-5-9-8(6-13-7-12)10(14-15-9)11(2,3)4/h5-7H,1-4H3,(H2,12,13)/b8-6+,9-5+. The van der Waals surface area contributed by atoms with E-state index in [1.807, 2.05) is 13.0 Å². The molecular formula is C11H17N3O. The molecule has 0 saturated carbocycles. The number of rotatable bonds is 1. The van der Waals surface area contributed by atoms with Crippen molar-refractivity contribution in [3.05, 3.63) is 16.3 Å². The van der Waals surface area contributed by atoms with Gasteiger partial charge in [0.1, 0.15) is 0 Å². The second kappa shape index (κ2) is 4.29. The van der Waals surface area contributed by atoms with E-state index in [1.165, 1.54) is 6.34 Å². The molecule has 1 heterocycles. The molecule has 2 N–H and O–H groups in total. The van der Waals surface area contributed by atoms with Crippen molar-refractivity contribution >= 4 is 18.6 Å². The molecule has 1 aromatic rings. The summed E-state index contributed by atoms with van der Waals surface area (Å²) >= 11 is 0. The van der Waals surface area contributed by atoms with Gasteiger partial charge in [-0.3, -0.25) is 0 Å². The molecule has 4 nitrogen and oxygen atoms in total. The molecule has 0 amide bonds. The van der Waals surface area contributed by atoms with Crippen molar-refractivity contribution in [2.24, 2.45) is 10.7 Å². The number of nitrogens with zero attached hydrogens (tertiary/aromatic N) is 2. The lowest BCUT2D eigenvalue weighted by Gasteiger charge is -2.13. The quantitative estimate of drug-likeness (QED) is 0.538.